The number of carbonyl (C=O) groups is 1. The predicted molar refractivity (Wildman–Crippen MR) is 39.4 cm³/mol. The van der Waals surface area contributed by atoms with Crippen LogP contribution in [0.3, 0.4) is 0 Å². The lowest BCUT2D eigenvalue weighted by molar-refractivity contribution is -0.134. The summed E-state index contributed by atoms with van der Waals surface area (Å²) in [5.74, 6) is -0.184. The van der Waals surface area contributed by atoms with Crippen molar-refractivity contribution in [3.05, 3.63) is 12.3 Å². The van der Waals surface area contributed by atoms with Gasteiger partial charge >= 0.3 is 5.97 Å². The Balaban J connectivity index is 3.26. The highest BCUT2D eigenvalue weighted by Gasteiger charge is 1.91. The van der Waals surface area contributed by atoms with E-state index in [-0.39, 0.29) is 11.7 Å². The van der Waals surface area contributed by atoms with Crippen molar-refractivity contribution in [1.29, 1.82) is 0 Å². The van der Waals surface area contributed by atoms with Crippen LogP contribution >= 0.6 is 12.6 Å². The van der Waals surface area contributed by atoms with Gasteiger partial charge in [-0.25, -0.2) is 0 Å². The summed E-state index contributed by atoms with van der Waals surface area (Å²) in [7, 11) is 0. The average Bonchev–Trinajstić information content (AvgIpc) is 1.89. The summed E-state index contributed by atoms with van der Waals surface area (Å²) >= 11 is 3.71. The molecule has 0 aliphatic carbocycles. The number of hydrogen-bond donors (Lipinski definition) is 1. The largest absolute Gasteiger partial charge is 0.434 e. The van der Waals surface area contributed by atoms with Crippen molar-refractivity contribution in [2.45, 2.75) is 13.3 Å². The second-order valence-electron chi connectivity index (χ2n) is 1.43. The average molecular weight is 146 g/mol. The summed E-state index contributed by atoms with van der Waals surface area (Å²) in [5.41, 5.74) is 0. The van der Waals surface area contributed by atoms with Gasteiger partial charge in [0.05, 0.1) is 12.0 Å². The third-order valence-corrected chi connectivity index (χ3v) is 0.919. The van der Waals surface area contributed by atoms with Crippen LogP contribution in [0.5, 0.6) is 0 Å². The third-order valence-electron chi connectivity index (χ3n) is 0.661. The lowest BCUT2D eigenvalue weighted by Gasteiger charge is -1.90. The number of thiol groups is 1. The Morgan fingerprint density at radius 3 is 2.89 bits per heavy atom. The van der Waals surface area contributed by atoms with E-state index in [4.69, 9.17) is 0 Å². The molecule has 9 heavy (non-hydrogen) atoms. The molecule has 0 bridgehead atoms. The molecule has 0 aromatic heterocycles. The summed E-state index contributed by atoms with van der Waals surface area (Å²) in [6, 6.07) is 0. The monoisotopic (exact) mass is 146 g/mol. The van der Waals surface area contributed by atoms with Crippen molar-refractivity contribution in [1.82, 2.24) is 0 Å². The Morgan fingerprint density at radius 1 is 1.78 bits per heavy atom. The Labute approximate surface area is 60.3 Å². The first-order valence-corrected chi connectivity index (χ1v) is 3.39. The molecule has 0 unspecified atom stereocenters. The molecule has 0 aromatic rings. The first kappa shape index (κ1) is 8.56. The van der Waals surface area contributed by atoms with Gasteiger partial charge in [-0.1, -0.05) is 6.92 Å². The molecule has 0 N–H and O–H groups in total. The highest BCUT2D eigenvalue weighted by molar-refractivity contribution is 7.81. The van der Waals surface area contributed by atoms with Crippen LogP contribution in [0.1, 0.15) is 13.3 Å². The first-order chi connectivity index (χ1) is 4.31. The molecule has 52 valence electrons. The molecule has 0 atom stereocenters. The fraction of sp³-hybridized carbons (Fsp3) is 0.500. The van der Waals surface area contributed by atoms with Crippen molar-refractivity contribution in [3.8, 4) is 0 Å². The van der Waals surface area contributed by atoms with Gasteiger partial charge in [-0.2, -0.15) is 12.6 Å². The minimum Gasteiger partial charge on any atom is -0.434 e. The molecule has 0 fully saturated rings. The van der Waals surface area contributed by atoms with E-state index in [1.165, 1.54) is 6.26 Å². The zero-order valence-electron chi connectivity index (χ0n) is 5.33. The van der Waals surface area contributed by atoms with E-state index in [1.54, 1.807) is 6.08 Å². The summed E-state index contributed by atoms with van der Waals surface area (Å²) < 4.78 is 4.54. The number of ether oxygens (including phenoxy) is 1. The topological polar surface area (TPSA) is 26.3 Å². The molecule has 0 spiro atoms. The Morgan fingerprint density at radius 2 is 2.44 bits per heavy atom. The van der Waals surface area contributed by atoms with Gasteiger partial charge < -0.3 is 4.74 Å². The Kier molecular flexibility index (Phi) is 5.41. The lowest BCUT2D eigenvalue weighted by atomic mass is 10.5. The zero-order valence-corrected chi connectivity index (χ0v) is 6.23. The predicted octanol–water partition coefficient (Wildman–Crippen LogP) is 1.38. The van der Waals surface area contributed by atoms with Crippen molar-refractivity contribution in [3.63, 3.8) is 0 Å². The fourth-order valence-electron chi connectivity index (χ4n) is 0.257. The van der Waals surface area contributed by atoms with Gasteiger partial charge in [0.2, 0.25) is 0 Å². The van der Waals surface area contributed by atoms with Crippen LogP contribution in [0.15, 0.2) is 12.3 Å². The van der Waals surface area contributed by atoms with Crippen molar-refractivity contribution < 1.29 is 9.53 Å². The Hall–Kier alpha value is -0.440. The normalized spacial score (nSPS) is 10.0. The summed E-state index contributed by atoms with van der Waals surface area (Å²) in [6.45, 7) is 1.96. The van der Waals surface area contributed by atoms with Crippen LogP contribution in [0.2, 0.25) is 0 Å². The molecule has 0 aliphatic heterocycles. The number of allylic oxidation sites excluding steroid dienone is 1. The molecule has 0 aliphatic rings. The quantitative estimate of drug-likeness (QED) is 0.370. The van der Waals surface area contributed by atoms with E-state index >= 15 is 0 Å². The standard InChI is InChI=1S/C6H10O2S/c1-2-3-4-8-6(7)5-9/h3-4,9H,2,5H2,1H3/b4-3+. The fourth-order valence-corrected chi connectivity index (χ4v) is 0.332. The van der Waals surface area contributed by atoms with Gasteiger partial charge in [-0.05, 0) is 12.5 Å². The SMILES string of the molecule is CC/C=C/OC(=O)CS. The van der Waals surface area contributed by atoms with Crippen LogP contribution in [0.4, 0.5) is 0 Å². The van der Waals surface area contributed by atoms with Gasteiger partial charge in [-0.3, -0.25) is 4.79 Å². The van der Waals surface area contributed by atoms with E-state index < -0.39 is 0 Å². The highest BCUT2D eigenvalue weighted by atomic mass is 32.1. The van der Waals surface area contributed by atoms with Gasteiger partial charge in [0.15, 0.2) is 0 Å². The van der Waals surface area contributed by atoms with E-state index in [0.29, 0.717) is 0 Å². The maximum atomic E-state index is 10.3. The number of rotatable bonds is 3. The van der Waals surface area contributed by atoms with Crippen molar-refractivity contribution in [2.24, 2.45) is 0 Å². The molecular weight excluding hydrogens is 136 g/mol. The van der Waals surface area contributed by atoms with E-state index in [1.807, 2.05) is 6.92 Å². The lowest BCUT2D eigenvalue weighted by Crippen LogP contribution is -1.99. The van der Waals surface area contributed by atoms with Gasteiger partial charge in [-0.15, -0.1) is 0 Å². The third kappa shape index (κ3) is 5.43. The second kappa shape index (κ2) is 5.69. The van der Waals surface area contributed by atoms with Crippen LogP contribution in [0, 0.1) is 0 Å². The maximum absolute atomic E-state index is 10.3. The maximum Gasteiger partial charge on any atom is 0.320 e. The summed E-state index contributed by atoms with van der Waals surface area (Å²) in [5, 5.41) is 0. The smallest absolute Gasteiger partial charge is 0.320 e. The second-order valence-corrected chi connectivity index (χ2v) is 1.74. The molecule has 0 heterocycles. The van der Waals surface area contributed by atoms with Gasteiger partial charge in [0, 0.05) is 0 Å². The van der Waals surface area contributed by atoms with E-state index in [9.17, 15) is 4.79 Å². The van der Waals surface area contributed by atoms with E-state index in [0.717, 1.165) is 6.42 Å². The number of hydrogen-bond acceptors (Lipinski definition) is 3. The van der Waals surface area contributed by atoms with Crippen LogP contribution < -0.4 is 0 Å². The van der Waals surface area contributed by atoms with Gasteiger partial charge in [0.1, 0.15) is 0 Å². The molecule has 0 saturated heterocycles. The van der Waals surface area contributed by atoms with E-state index in [2.05, 4.69) is 17.4 Å². The minimum atomic E-state index is -0.317. The van der Waals surface area contributed by atoms with Crippen LogP contribution in [0.25, 0.3) is 0 Å². The van der Waals surface area contributed by atoms with Crippen LogP contribution in [-0.2, 0) is 9.53 Å². The zero-order chi connectivity index (χ0) is 7.11. The molecule has 3 heteroatoms. The van der Waals surface area contributed by atoms with Crippen molar-refractivity contribution in [2.75, 3.05) is 5.75 Å². The number of esters is 1. The van der Waals surface area contributed by atoms with Crippen LogP contribution in [-0.4, -0.2) is 11.7 Å². The summed E-state index contributed by atoms with van der Waals surface area (Å²) in [6.07, 6.45) is 4.03. The first-order valence-electron chi connectivity index (χ1n) is 2.76. The molecular formula is C6H10O2S. The molecule has 0 radical (unpaired) electrons. The van der Waals surface area contributed by atoms with Gasteiger partial charge in [0.25, 0.3) is 0 Å². The molecule has 0 aromatic carbocycles. The molecule has 0 rings (SSSR count). The number of carbonyl (C=O) groups excluding carboxylic acids is 1. The Bertz CT molecular complexity index is 110. The molecule has 0 amide bonds. The summed E-state index contributed by atoms with van der Waals surface area (Å²) in [4.78, 5) is 10.3. The molecule has 2 nitrogen and oxygen atoms in total. The molecule has 0 saturated carbocycles. The van der Waals surface area contributed by atoms with Crippen molar-refractivity contribution >= 4 is 18.6 Å². The highest BCUT2D eigenvalue weighted by Crippen LogP contribution is 1.85. The minimum absolute atomic E-state index is 0.133.